The van der Waals surface area contributed by atoms with Gasteiger partial charge in [-0.05, 0) is 42.7 Å². The average Bonchev–Trinajstić information content (AvgIpc) is 3.40. The number of methoxy groups -OCH3 is 1. The first kappa shape index (κ1) is 28.4. The van der Waals surface area contributed by atoms with E-state index >= 15 is 0 Å². The number of anilines is 1. The standard InChI is InChI=1S/C28H23ClF4N8O2/c1-43-22-12-40(21(8-14-2-3-14)27-35-11-19(36-27)16-5-7-24(34)37-26(16)30)25(42)10-18(22)17-9-15(29)4-6-20(17)41-13-23(38-39-41)28(31,32)33/h4-7,9-14,21H,2-3,8H2,1H3,(H2,34,37)(H,35,36). The number of H-pyrrole nitrogens is 1. The number of nitrogens with one attached hydrogen (secondary N) is 1. The van der Waals surface area contributed by atoms with Crippen LogP contribution >= 0.6 is 11.6 Å². The van der Waals surface area contributed by atoms with Crippen LogP contribution in [0.1, 0.15) is 36.8 Å². The summed E-state index contributed by atoms with van der Waals surface area (Å²) in [5, 5.41) is 7.15. The fourth-order valence-electron chi connectivity index (χ4n) is 4.90. The average molecular weight is 615 g/mol. The van der Waals surface area contributed by atoms with Crippen LogP contribution in [0.2, 0.25) is 5.02 Å². The summed E-state index contributed by atoms with van der Waals surface area (Å²) in [4.78, 5) is 25.0. The number of aromatic amines is 1. The van der Waals surface area contributed by atoms with Crippen molar-refractivity contribution in [3.63, 3.8) is 0 Å². The Balaban J connectivity index is 1.43. The number of ether oxygens (including phenoxy) is 1. The molecule has 4 aromatic heterocycles. The maximum Gasteiger partial charge on any atom is 0.436 e. The monoisotopic (exact) mass is 614 g/mol. The summed E-state index contributed by atoms with van der Waals surface area (Å²) >= 11 is 6.27. The van der Waals surface area contributed by atoms with Gasteiger partial charge >= 0.3 is 6.18 Å². The molecule has 0 amide bonds. The van der Waals surface area contributed by atoms with Crippen molar-refractivity contribution < 1.29 is 22.3 Å². The number of benzene rings is 1. The second kappa shape index (κ2) is 10.8. The predicted molar refractivity (Wildman–Crippen MR) is 149 cm³/mol. The molecule has 1 unspecified atom stereocenters. The summed E-state index contributed by atoms with van der Waals surface area (Å²) in [6.07, 6.45) is 1.61. The summed E-state index contributed by atoms with van der Waals surface area (Å²) in [6.45, 7) is 0. The number of hydrogen-bond acceptors (Lipinski definition) is 7. The Morgan fingerprint density at radius 2 is 1.93 bits per heavy atom. The van der Waals surface area contributed by atoms with Crippen LogP contribution in [0.5, 0.6) is 5.75 Å². The van der Waals surface area contributed by atoms with Crippen LogP contribution in [0.4, 0.5) is 23.4 Å². The van der Waals surface area contributed by atoms with Crippen LogP contribution in [0.15, 0.2) is 59.8 Å². The summed E-state index contributed by atoms with van der Waals surface area (Å²) < 4.78 is 62.3. The molecule has 0 radical (unpaired) electrons. The highest BCUT2D eigenvalue weighted by Gasteiger charge is 2.35. The number of hydrogen-bond donors (Lipinski definition) is 2. The second-order valence-corrected chi connectivity index (χ2v) is 10.6. The van der Waals surface area contributed by atoms with Crippen LogP contribution < -0.4 is 16.0 Å². The normalized spacial score (nSPS) is 14.2. The zero-order chi connectivity index (χ0) is 30.5. The van der Waals surface area contributed by atoms with Gasteiger partial charge < -0.3 is 20.0 Å². The maximum atomic E-state index is 14.5. The first-order valence-corrected chi connectivity index (χ1v) is 13.5. The molecule has 1 aromatic carbocycles. The molecule has 15 heteroatoms. The number of alkyl halides is 3. The Labute approximate surface area is 246 Å². The van der Waals surface area contributed by atoms with Gasteiger partial charge in [-0.2, -0.15) is 17.6 Å². The molecule has 1 aliphatic carbocycles. The van der Waals surface area contributed by atoms with Crippen LogP contribution in [0, 0.1) is 11.9 Å². The van der Waals surface area contributed by atoms with Gasteiger partial charge in [-0.1, -0.05) is 29.7 Å². The molecule has 6 rings (SSSR count). The van der Waals surface area contributed by atoms with Crippen molar-refractivity contribution in [1.29, 1.82) is 0 Å². The molecular formula is C28H23ClF4N8O2. The number of nitrogen functional groups attached to an aromatic ring is 1. The van der Waals surface area contributed by atoms with Gasteiger partial charge in [-0.25, -0.2) is 14.6 Å². The van der Waals surface area contributed by atoms with Crippen molar-refractivity contribution >= 4 is 17.4 Å². The van der Waals surface area contributed by atoms with E-state index < -0.39 is 29.4 Å². The summed E-state index contributed by atoms with van der Waals surface area (Å²) in [5.74, 6) is 0.324. The molecular weight excluding hydrogens is 592 g/mol. The SMILES string of the molecule is COc1cn(C(CC2CC2)c2ncc(-c3ccc(N)nc3F)[nH]2)c(=O)cc1-c1cc(Cl)ccc1-n1cc(C(F)(F)F)nn1. The fraction of sp³-hybridized carbons (Fsp3) is 0.250. The molecule has 1 fully saturated rings. The number of imidazole rings is 1. The van der Waals surface area contributed by atoms with E-state index in [2.05, 4.69) is 25.3 Å². The summed E-state index contributed by atoms with van der Waals surface area (Å²) in [7, 11) is 1.41. The number of nitrogens with two attached hydrogens (primary N) is 1. The van der Waals surface area contributed by atoms with Gasteiger partial charge in [-0.3, -0.25) is 4.79 Å². The van der Waals surface area contributed by atoms with E-state index in [0.717, 1.165) is 23.7 Å². The van der Waals surface area contributed by atoms with Crippen molar-refractivity contribution in [2.75, 3.05) is 12.8 Å². The minimum Gasteiger partial charge on any atom is -0.495 e. The quantitative estimate of drug-likeness (QED) is 0.170. The number of halogens is 5. The van der Waals surface area contributed by atoms with E-state index in [9.17, 15) is 22.4 Å². The number of aromatic nitrogens is 7. The molecule has 1 saturated carbocycles. The lowest BCUT2D eigenvalue weighted by Gasteiger charge is -2.21. The molecule has 0 bridgehead atoms. The molecule has 1 aliphatic rings. The van der Waals surface area contributed by atoms with Gasteiger partial charge in [0.25, 0.3) is 5.56 Å². The van der Waals surface area contributed by atoms with E-state index in [-0.39, 0.29) is 33.4 Å². The predicted octanol–water partition coefficient (Wildman–Crippen LogP) is 5.67. The number of rotatable bonds is 8. The lowest BCUT2D eigenvalue weighted by molar-refractivity contribution is -0.141. The lowest BCUT2D eigenvalue weighted by Crippen LogP contribution is -2.26. The molecule has 3 N–H and O–H groups in total. The maximum absolute atomic E-state index is 14.5. The lowest BCUT2D eigenvalue weighted by atomic mass is 10.0. The van der Waals surface area contributed by atoms with Crippen LogP contribution in [0.25, 0.3) is 28.1 Å². The number of nitrogens with zero attached hydrogens (tertiary/aromatic N) is 6. The Morgan fingerprint density at radius 3 is 2.60 bits per heavy atom. The molecule has 43 heavy (non-hydrogen) atoms. The molecule has 0 spiro atoms. The van der Waals surface area contributed by atoms with E-state index in [0.29, 0.717) is 29.4 Å². The Morgan fingerprint density at radius 1 is 1.14 bits per heavy atom. The molecule has 4 heterocycles. The molecule has 0 saturated heterocycles. The van der Waals surface area contributed by atoms with Gasteiger partial charge in [0.2, 0.25) is 5.95 Å². The van der Waals surface area contributed by atoms with E-state index in [4.69, 9.17) is 22.1 Å². The first-order chi connectivity index (χ1) is 20.5. The van der Waals surface area contributed by atoms with Crippen LogP contribution in [0.3, 0.4) is 0 Å². The summed E-state index contributed by atoms with van der Waals surface area (Å²) in [6, 6.07) is 8.20. The zero-order valence-electron chi connectivity index (χ0n) is 22.4. The largest absolute Gasteiger partial charge is 0.495 e. The fourth-order valence-corrected chi connectivity index (χ4v) is 5.07. The third-order valence-corrected chi connectivity index (χ3v) is 7.44. The van der Waals surface area contributed by atoms with Crippen molar-refractivity contribution in [2.45, 2.75) is 31.5 Å². The Bertz CT molecular complexity index is 1880. The van der Waals surface area contributed by atoms with E-state index in [1.807, 2.05) is 0 Å². The topological polar surface area (TPSA) is 130 Å². The third-order valence-electron chi connectivity index (χ3n) is 7.20. The first-order valence-electron chi connectivity index (χ1n) is 13.1. The minimum absolute atomic E-state index is 0.0406. The highest BCUT2D eigenvalue weighted by molar-refractivity contribution is 6.31. The number of pyridine rings is 2. The van der Waals surface area contributed by atoms with Crippen molar-refractivity contribution in [3.05, 3.63) is 87.8 Å². The summed E-state index contributed by atoms with van der Waals surface area (Å²) in [5.41, 5.74) is 5.30. The second-order valence-electron chi connectivity index (χ2n) is 10.2. The molecule has 10 nitrogen and oxygen atoms in total. The van der Waals surface area contributed by atoms with Crippen molar-refractivity contribution in [3.8, 4) is 33.8 Å². The van der Waals surface area contributed by atoms with Crippen molar-refractivity contribution in [1.82, 2.24) is 34.5 Å². The smallest absolute Gasteiger partial charge is 0.436 e. The van der Waals surface area contributed by atoms with Crippen LogP contribution in [-0.4, -0.2) is 41.6 Å². The van der Waals surface area contributed by atoms with Gasteiger partial charge in [0, 0.05) is 22.2 Å². The zero-order valence-corrected chi connectivity index (χ0v) is 23.2. The van der Waals surface area contributed by atoms with Gasteiger partial charge in [0.1, 0.15) is 17.4 Å². The highest BCUT2D eigenvalue weighted by atomic mass is 35.5. The van der Waals surface area contributed by atoms with E-state index in [1.165, 1.54) is 60.5 Å². The Kier molecular flexibility index (Phi) is 7.16. The molecule has 5 aromatic rings. The van der Waals surface area contributed by atoms with E-state index in [1.54, 1.807) is 0 Å². The van der Waals surface area contributed by atoms with Crippen molar-refractivity contribution in [2.24, 2.45) is 5.92 Å². The van der Waals surface area contributed by atoms with Gasteiger partial charge in [-0.15, -0.1) is 5.10 Å². The molecule has 0 aliphatic heterocycles. The minimum atomic E-state index is -4.69. The molecule has 1 atom stereocenters. The highest BCUT2D eigenvalue weighted by Crippen LogP contribution is 2.41. The van der Waals surface area contributed by atoms with Gasteiger partial charge in [0.05, 0.1) is 48.7 Å². The molecule has 222 valence electrons. The third kappa shape index (κ3) is 5.69. The van der Waals surface area contributed by atoms with Gasteiger partial charge in [0.15, 0.2) is 5.69 Å². The van der Waals surface area contributed by atoms with Crippen LogP contribution in [-0.2, 0) is 6.18 Å². The Hall–Kier alpha value is -4.72.